The Bertz CT molecular complexity index is 384. The van der Waals surface area contributed by atoms with Crippen molar-refractivity contribution in [2.45, 2.75) is 18.9 Å². The molecule has 1 aliphatic rings. The molecule has 0 amide bonds. The van der Waals surface area contributed by atoms with Gasteiger partial charge in [0.1, 0.15) is 0 Å². The lowest BCUT2D eigenvalue weighted by Gasteiger charge is -1.97. The Morgan fingerprint density at radius 3 is 2.71 bits per heavy atom. The first-order chi connectivity index (χ1) is 6.84. The lowest BCUT2D eigenvalue weighted by atomic mass is 10.2. The van der Waals surface area contributed by atoms with Crippen LogP contribution in [0.1, 0.15) is 18.4 Å². The van der Waals surface area contributed by atoms with E-state index in [4.69, 9.17) is 4.74 Å². The first-order valence-electron chi connectivity index (χ1n) is 4.61. The highest BCUT2D eigenvalue weighted by atomic mass is 16.5. The molecule has 0 bridgehead atoms. The molecule has 1 aromatic carbocycles. The van der Waals surface area contributed by atoms with Gasteiger partial charge in [-0.05, 0) is 12.1 Å². The maximum absolute atomic E-state index is 10.8. The topological polar surface area (TPSA) is 26.3 Å². The van der Waals surface area contributed by atoms with Gasteiger partial charge in [0.15, 0.2) is 6.10 Å². The molecule has 0 saturated carbocycles. The fourth-order valence-corrected chi connectivity index (χ4v) is 1.31. The first-order valence-corrected chi connectivity index (χ1v) is 4.61. The lowest BCUT2D eigenvalue weighted by Crippen LogP contribution is -2.02. The summed E-state index contributed by atoms with van der Waals surface area (Å²) >= 11 is 0. The zero-order chi connectivity index (χ0) is 9.80. The molecule has 2 heteroatoms. The molecule has 2 nitrogen and oxygen atoms in total. The third-order valence-corrected chi connectivity index (χ3v) is 2.04. The van der Waals surface area contributed by atoms with E-state index >= 15 is 0 Å². The monoisotopic (exact) mass is 186 g/mol. The Labute approximate surface area is 82.9 Å². The highest BCUT2D eigenvalue weighted by Gasteiger charge is 2.20. The van der Waals surface area contributed by atoms with Crippen molar-refractivity contribution in [3.63, 3.8) is 0 Å². The molecule has 0 unspecified atom stereocenters. The number of carbonyl (C=O) groups excluding carboxylic acids is 1. The van der Waals surface area contributed by atoms with E-state index < -0.39 is 0 Å². The maximum atomic E-state index is 10.8. The van der Waals surface area contributed by atoms with Gasteiger partial charge in [0.25, 0.3) is 0 Å². The van der Waals surface area contributed by atoms with E-state index in [1.807, 2.05) is 30.3 Å². The highest BCUT2D eigenvalue weighted by molar-refractivity contribution is 5.72. The molecular weight excluding hydrogens is 176 g/mol. The molecule has 0 aromatic heterocycles. The number of rotatable bonds is 0. The van der Waals surface area contributed by atoms with Crippen molar-refractivity contribution in [3.05, 3.63) is 35.9 Å². The number of cyclic esters (lactones) is 1. The van der Waals surface area contributed by atoms with E-state index in [-0.39, 0.29) is 12.1 Å². The summed E-state index contributed by atoms with van der Waals surface area (Å²) in [6.07, 6.45) is 1.01. The van der Waals surface area contributed by atoms with Gasteiger partial charge in [-0.25, -0.2) is 0 Å². The van der Waals surface area contributed by atoms with Crippen LogP contribution in [-0.2, 0) is 9.53 Å². The van der Waals surface area contributed by atoms with Crippen LogP contribution in [0.4, 0.5) is 0 Å². The van der Waals surface area contributed by atoms with Crippen LogP contribution >= 0.6 is 0 Å². The first kappa shape index (κ1) is 8.83. The Morgan fingerprint density at radius 1 is 1.29 bits per heavy atom. The molecule has 0 spiro atoms. The van der Waals surface area contributed by atoms with E-state index in [1.165, 1.54) is 0 Å². The molecule has 1 aromatic rings. The summed E-state index contributed by atoms with van der Waals surface area (Å²) in [6, 6.07) is 9.68. The second kappa shape index (κ2) is 3.97. The normalized spacial score (nSPS) is 19.7. The van der Waals surface area contributed by atoms with Gasteiger partial charge in [-0.3, -0.25) is 4.79 Å². The van der Waals surface area contributed by atoms with Crippen molar-refractivity contribution in [3.8, 4) is 11.8 Å². The number of esters is 1. The molecule has 1 fully saturated rings. The predicted molar refractivity (Wildman–Crippen MR) is 52.4 cm³/mol. The molecule has 1 heterocycles. The van der Waals surface area contributed by atoms with Gasteiger partial charge < -0.3 is 4.74 Å². The van der Waals surface area contributed by atoms with Crippen molar-refractivity contribution < 1.29 is 9.53 Å². The van der Waals surface area contributed by atoms with Crippen molar-refractivity contribution in [2.75, 3.05) is 0 Å². The Kier molecular flexibility index (Phi) is 2.51. The SMILES string of the molecule is O=C1CC[C@H](C#Cc2ccccc2)O1. The van der Waals surface area contributed by atoms with Gasteiger partial charge in [-0.15, -0.1) is 0 Å². The molecule has 0 N–H and O–H groups in total. The summed E-state index contributed by atoms with van der Waals surface area (Å²) in [4.78, 5) is 10.8. The largest absolute Gasteiger partial charge is 0.449 e. The van der Waals surface area contributed by atoms with Crippen LogP contribution < -0.4 is 0 Å². The molecular formula is C12H10O2. The number of carbonyl (C=O) groups is 1. The van der Waals surface area contributed by atoms with Crippen LogP contribution in [0, 0.1) is 11.8 Å². The van der Waals surface area contributed by atoms with E-state index in [2.05, 4.69) is 11.8 Å². The molecule has 1 saturated heterocycles. The highest BCUT2D eigenvalue weighted by Crippen LogP contribution is 2.12. The average Bonchev–Trinajstić information content (AvgIpc) is 2.63. The Morgan fingerprint density at radius 2 is 2.07 bits per heavy atom. The Balaban J connectivity index is 2.04. The van der Waals surface area contributed by atoms with E-state index in [1.54, 1.807) is 0 Å². The predicted octanol–water partition coefficient (Wildman–Crippen LogP) is 1.74. The summed E-state index contributed by atoms with van der Waals surface area (Å²) in [5, 5.41) is 0. The van der Waals surface area contributed by atoms with E-state index in [0.29, 0.717) is 6.42 Å². The quantitative estimate of drug-likeness (QED) is 0.455. The van der Waals surface area contributed by atoms with E-state index in [0.717, 1.165) is 12.0 Å². The number of hydrogen-bond donors (Lipinski definition) is 0. The molecule has 1 aliphatic heterocycles. The summed E-state index contributed by atoms with van der Waals surface area (Å²) < 4.78 is 4.97. The van der Waals surface area contributed by atoms with Gasteiger partial charge >= 0.3 is 5.97 Å². The zero-order valence-electron chi connectivity index (χ0n) is 7.69. The molecule has 14 heavy (non-hydrogen) atoms. The fraction of sp³-hybridized carbons (Fsp3) is 0.250. The van der Waals surface area contributed by atoms with Crippen LogP contribution in [0.25, 0.3) is 0 Å². The summed E-state index contributed by atoms with van der Waals surface area (Å²) in [7, 11) is 0. The minimum Gasteiger partial charge on any atom is -0.449 e. The molecule has 2 rings (SSSR count). The number of hydrogen-bond acceptors (Lipinski definition) is 2. The van der Waals surface area contributed by atoms with Crippen LogP contribution in [0.5, 0.6) is 0 Å². The second-order valence-electron chi connectivity index (χ2n) is 3.15. The number of benzene rings is 1. The van der Waals surface area contributed by atoms with Gasteiger partial charge in [0.2, 0.25) is 0 Å². The van der Waals surface area contributed by atoms with Gasteiger partial charge in [-0.1, -0.05) is 30.0 Å². The second-order valence-corrected chi connectivity index (χ2v) is 3.15. The maximum Gasteiger partial charge on any atom is 0.307 e. The third kappa shape index (κ3) is 2.14. The van der Waals surface area contributed by atoms with E-state index in [9.17, 15) is 4.79 Å². The van der Waals surface area contributed by atoms with Gasteiger partial charge in [-0.2, -0.15) is 0 Å². The van der Waals surface area contributed by atoms with Crippen molar-refractivity contribution >= 4 is 5.97 Å². The summed E-state index contributed by atoms with van der Waals surface area (Å²) in [5.74, 6) is 5.77. The minimum absolute atomic E-state index is 0.141. The minimum atomic E-state index is -0.206. The standard InChI is InChI=1S/C12H10O2/c13-12-9-8-11(14-12)7-6-10-4-2-1-3-5-10/h1-5,11H,8-9H2/t11-/m0/s1. The molecule has 0 radical (unpaired) electrons. The van der Waals surface area contributed by atoms with Crippen LogP contribution in [0.3, 0.4) is 0 Å². The zero-order valence-corrected chi connectivity index (χ0v) is 7.69. The number of ether oxygens (including phenoxy) is 1. The Hall–Kier alpha value is -1.75. The average molecular weight is 186 g/mol. The van der Waals surface area contributed by atoms with Crippen molar-refractivity contribution in [1.29, 1.82) is 0 Å². The fourth-order valence-electron chi connectivity index (χ4n) is 1.31. The molecule has 70 valence electrons. The molecule has 0 aliphatic carbocycles. The van der Waals surface area contributed by atoms with Gasteiger partial charge in [0.05, 0.1) is 6.42 Å². The van der Waals surface area contributed by atoms with Gasteiger partial charge in [0, 0.05) is 12.0 Å². The molecule has 1 atom stereocenters. The van der Waals surface area contributed by atoms with Crippen LogP contribution in [0.2, 0.25) is 0 Å². The van der Waals surface area contributed by atoms with Crippen LogP contribution in [-0.4, -0.2) is 12.1 Å². The smallest absolute Gasteiger partial charge is 0.307 e. The third-order valence-electron chi connectivity index (χ3n) is 2.04. The summed E-state index contributed by atoms with van der Waals surface area (Å²) in [5.41, 5.74) is 0.954. The van der Waals surface area contributed by atoms with Crippen molar-refractivity contribution in [1.82, 2.24) is 0 Å². The van der Waals surface area contributed by atoms with Crippen LogP contribution in [0.15, 0.2) is 30.3 Å². The lowest BCUT2D eigenvalue weighted by molar-refractivity contribution is -0.139. The van der Waals surface area contributed by atoms with Crippen molar-refractivity contribution in [2.24, 2.45) is 0 Å². The summed E-state index contributed by atoms with van der Waals surface area (Å²) in [6.45, 7) is 0.